The summed E-state index contributed by atoms with van der Waals surface area (Å²) in [5.41, 5.74) is 5.31. The average Bonchev–Trinajstić information content (AvgIpc) is 1.80. The number of rotatable bonds is 0. The molecule has 1 amide bonds. The fourth-order valence-electron chi connectivity index (χ4n) is 0.435. The number of carbonyl (C=O) groups is 1. The number of amides is 1. The standard InChI is InChI=1S/C5H5ClN2O/c1-3-4(6)2-5(9)8-7-3/h2,7H,1H2,(H,8,9). The molecule has 0 saturated carbocycles. The Labute approximate surface area is 57.3 Å². The van der Waals surface area contributed by atoms with Gasteiger partial charge in [-0.3, -0.25) is 15.6 Å². The van der Waals surface area contributed by atoms with Gasteiger partial charge < -0.3 is 0 Å². The normalized spacial score (nSPS) is 18.1. The van der Waals surface area contributed by atoms with Gasteiger partial charge in [0.2, 0.25) is 0 Å². The third kappa shape index (κ3) is 1.23. The van der Waals surface area contributed by atoms with E-state index in [1.165, 1.54) is 6.08 Å². The highest BCUT2D eigenvalue weighted by atomic mass is 35.5. The highest BCUT2D eigenvalue weighted by Gasteiger charge is 2.08. The van der Waals surface area contributed by atoms with Gasteiger partial charge in [-0.2, -0.15) is 0 Å². The second-order valence-corrected chi connectivity index (χ2v) is 1.99. The van der Waals surface area contributed by atoms with Crippen molar-refractivity contribution in [3.8, 4) is 0 Å². The fraction of sp³-hybridized carbons (Fsp3) is 0. The fourth-order valence-corrected chi connectivity index (χ4v) is 0.581. The quantitative estimate of drug-likeness (QED) is 0.512. The molecule has 0 aromatic rings. The summed E-state index contributed by atoms with van der Waals surface area (Å²) in [6.07, 6.45) is 1.26. The Kier molecular flexibility index (Phi) is 1.44. The number of hydrogen-bond acceptors (Lipinski definition) is 2. The topological polar surface area (TPSA) is 41.1 Å². The Morgan fingerprint density at radius 1 is 1.56 bits per heavy atom. The average molecular weight is 145 g/mol. The molecule has 9 heavy (non-hydrogen) atoms. The summed E-state index contributed by atoms with van der Waals surface area (Å²) in [6.45, 7) is 3.50. The van der Waals surface area contributed by atoms with Crippen molar-refractivity contribution in [2.45, 2.75) is 0 Å². The minimum absolute atomic E-state index is 0.257. The second-order valence-electron chi connectivity index (χ2n) is 1.59. The van der Waals surface area contributed by atoms with E-state index in [1.807, 2.05) is 0 Å². The van der Waals surface area contributed by atoms with Crippen molar-refractivity contribution in [3.05, 3.63) is 23.4 Å². The van der Waals surface area contributed by atoms with Crippen LogP contribution in [-0.4, -0.2) is 5.91 Å². The van der Waals surface area contributed by atoms with Crippen LogP contribution in [0, 0.1) is 0 Å². The van der Waals surface area contributed by atoms with Crippen molar-refractivity contribution in [2.24, 2.45) is 0 Å². The number of allylic oxidation sites excluding steroid dienone is 1. The number of carbonyl (C=O) groups excluding carboxylic acids is 1. The maximum atomic E-state index is 10.4. The first-order valence-corrected chi connectivity index (χ1v) is 2.70. The van der Waals surface area contributed by atoms with Gasteiger partial charge in [0.15, 0.2) is 0 Å². The molecule has 0 unspecified atom stereocenters. The molecular weight excluding hydrogens is 140 g/mol. The molecule has 0 aromatic carbocycles. The van der Waals surface area contributed by atoms with Crippen molar-refractivity contribution in [1.29, 1.82) is 0 Å². The van der Waals surface area contributed by atoms with Crippen LogP contribution in [0.5, 0.6) is 0 Å². The number of hydrazine groups is 1. The molecule has 0 spiro atoms. The predicted octanol–water partition coefficient (Wildman–Crippen LogP) is 0.257. The first-order chi connectivity index (χ1) is 4.20. The van der Waals surface area contributed by atoms with Gasteiger partial charge in [-0.15, -0.1) is 0 Å². The summed E-state index contributed by atoms with van der Waals surface area (Å²) in [5, 5.41) is 0.346. The number of hydrogen-bond donors (Lipinski definition) is 2. The van der Waals surface area contributed by atoms with Crippen LogP contribution in [0.3, 0.4) is 0 Å². The molecular formula is C5H5ClN2O. The van der Waals surface area contributed by atoms with E-state index in [0.717, 1.165) is 0 Å². The minimum Gasteiger partial charge on any atom is -0.297 e. The van der Waals surface area contributed by atoms with E-state index >= 15 is 0 Å². The highest BCUT2D eigenvalue weighted by Crippen LogP contribution is 2.10. The zero-order valence-corrected chi connectivity index (χ0v) is 5.33. The first kappa shape index (κ1) is 6.16. The smallest absolute Gasteiger partial charge is 0.263 e. The van der Waals surface area contributed by atoms with Crippen LogP contribution in [0.15, 0.2) is 23.4 Å². The lowest BCUT2D eigenvalue weighted by Crippen LogP contribution is -2.38. The van der Waals surface area contributed by atoms with Crippen LogP contribution in [0.2, 0.25) is 0 Å². The van der Waals surface area contributed by atoms with E-state index in [2.05, 4.69) is 17.4 Å². The van der Waals surface area contributed by atoms with Crippen LogP contribution in [0.25, 0.3) is 0 Å². The number of halogens is 1. The largest absolute Gasteiger partial charge is 0.297 e. The van der Waals surface area contributed by atoms with Gasteiger partial charge in [0, 0.05) is 6.08 Å². The second kappa shape index (κ2) is 2.11. The van der Waals surface area contributed by atoms with E-state index in [1.54, 1.807) is 0 Å². The summed E-state index contributed by atoms with van der Waals surface area (Å²) < 4.78 is 0. The zero-order chi connectivity index (χ0) is 6.85. The third-order valence-electron chi connectivity index (χ3n) is 0.883. The molecule has 1 aliphatic heterocycles. The zero-order valence-electron chi connectivity index (χ0n) is 4.57. The van der Waals surface area contributed by atoms with E-state index in [4.69, 9.17) is 11.6 Å². The van der Waals surface area contributed by atoms with Crippen LogP contribution in [-0.2, 0) is 4.79 Å². The van der Waals surface area contributed by atoms with Crippen LogP contribution >= 0.6 is 11.6 Å². The van der Waals surface area contributed by atoms with Crippen LogP contribution < -0.4 is 10.9 Å². The first-order valence-electron chi connectivity index (χ1n) is 2.32. The summed E-state index contributed by atoms with van der Waals surface area (Å²) in [6, 6.07) is 0. The minimum atomic E-state index is -0.257. The lowest BCUT2D eigenvalue weighted by atomic mass is 10.4. The Hall–Kier alpha value is -0.960. The SMILES string of the molecule is C=C1NNC(=O)C=C1Cl. The lowest BCUT2D eigenvalue weighted by Gasteiger charge is -2.13. The number of nitrogens with one attached hydrogen (secondary N) is 2. The molecule has 0 fully saturated rings. The van der Waals surface area contributed by atoms with E-state index in [9.17, 15) is 4.79 Å². The van der Waals surface area contributed by atoms with Gasteiger partial charge >= 0.3 is 0 Å². The van der Waals surface area contributed by atoms with Crippen molar-refractivity contribution < 1.29 is 4.79 Å². The highest BCUT2D eigenvalue weighted by molar-refractivity contribution is 6.33. The molecule has 0 saturated heterocycles. The maximum Gasteiger partial charge on any atom is 0.263 e. The monoisotopic (exact) mass is 144 g/mol. The van der Waals surface area contributed by atoms with Crippen LogP contribution in [0.4, 0.5) is 0 Å². The molecule has 0 radical (unpaired) electrons. The molecule has 3 nitrogen and oxygen atoms in total. The molecule has 1 rings (SSSR count). The third-order valence-corrected chi connectivity index (χ3v) is 1.22. The van der Waals surface area contributed by atoms with Crippen molar-refractivity contribution in [2.75, 3.05) is 0 Å². The molecule has 0 bridgehead atoms. The van der Waals surface area contributed by atoms with Crippen molar-refractivity contribution >= 4 is 17.5 Å². The van der Waals surface area contributed by atoms with Crippen molar-refractivity contribution in [1.82, 2.24) is 10.9 Å². The lowest BCUT2D eigenvalue weighted by molar-refractivity contribution is -0.117. The van der Waals surface area contributed by atoms with Gasteiger partial charge in [-0.1, -0.05) is 18.2 Å². The van der Waals surface area contributed by atoms with E-state index in [-0.39, 0.29) is 5.91 Å². The Bertz CT molecular complexity index is 197. The summed E-state index contributed by atoms with van der Waals surface area (Å²) in [7, 11) is 0. The molecule has 1 heterocycles. The summed E-state index contributed by atoms with van der Waals surface area (Å²) in [4.78, 5) is 10.4. The molecule has 0 aromatic heterocycles. The molecule has 1 aliphatic rings. The predicted molar refractivity (Wildman–Crippen MR) is 34.4 cm³/mol. The van der Waals surface area contributed by atoms with E-state index < -0.39 is 0 Å². The van der Waals surface area contributed by atoms with Gasteiger partial charge in [-0.05, 0) is 0 Å². The Morgan fingerprint density at radius 3 is 2.67 bits per heavy atom. The van der Waals surface area contributed by atoms with Gasteiger partial charge in [-0.25, -0.2) is 0 Å². The Balaban J connectivity index is 2.84. The Morgan fingerprint density at radius 2 is 2.22 bits per heavy atom. The summed E-state index contributed by atoms with van der Waals surface area (Å²) >= 11 is 5.50. The molecule has 48 valence electrons. The maximum absolute atomic E-state index is 10.4. The van der Waals surface area contributed by atoms with E-state index in [0.29, 0.717) is 10.7 Å². The van der Waals surface area contributed by atoms with Crippen LogP contribution in [0.1, 0.15) is 0 Å². The molecule has 2 N–H and O–H groups in total. The van der Waals surface area contributed by atoms with Gasteiger partial charge in [0.1, 0.15) is 0 Å². The van der Waals surface area contributed by atoms with Crippen molar-refractivity contribution in [3.63, 3.8) is 0 Å². The molecule has 0 aliphatic carbocycles. The van der Waals surface area contributed by atoms with Gasteiger partial charge in [0.05, 0.1) is 10.7 Å². The van der Waals surface area contributed by atoms with Gasteiger partial charge in [0.25, 0.3) is 5.91 Å². The molecule has 4 heteroatoms. The molecule has 0 atom stereocenters. The summed E-state index contributed by atoms with van der Waals surface area (Å²) in [5.74, 6) is -0.257.